The Morgan fingerprint density at radius 2 is 1.65 bits per heavy atom. The van der Waals surface area contributed by atoms with E-state index in [1.165, 1.54) is 11.3 Å². The van der Waals surface area contributed by atoms with Crippen LogP contribution in [0.1, 0.15) is 20.8 Å². The number of hydrogen-bond donors (Lipinski definition) is 0. The van der Waals surface area contributed by atoms with Crippen LogP contribution in [0.5, 0.6) is 5.75 Å². The molecule has 1 aliphatic heterocycles. The molecule has 0 saturated carbocycles. The summed E-state index contributed by atoms with van der Waals surface area (Å²) in [7, 11) is 0. The summed E-state index contributed by atoms with van der Waals surface area (Å²) in [6.45, 7) is 4.02. The van der Waals surface area contributed by atoms with Crippen molar-refractivity contribution in [3.63, 3.8) is 0 Å². The molecular formula is C23H21Cl3N2O2S. The van der Waals surface area contributed by atoms with Crippen molar-refractivity contribution in [1.82, 2.24) is 9.80 Å². The van der Waals surface area contributed by atoms with Gasteiger partial charge in [-0.1, -0.05) is 40.9 Å². The van der Waals surface area contributed by atoms with Crippen LogP contribution in [-0.4, -0.2) is 41.9 Å². The summed E-state index contributed by atoms with van der Waals surface area (Å²) in [5.41, 5.74) is 1.92. The van der Waals surface area contributed by atoms with Crippen molar-refractivity contribution in [1.29, 1.82) is 0 Å². The van der Waals surface area contributed by atoms with Crippen LogP contribution in [-0.2, 0) is 13.2 Å². The second kappa shape index (κ2) is 10.2. The maximum atomic E-state index is 12.9. The first-order chi connectivity index (χ1) is 15.0. The zero-order valence-corrected chi connectivity index (χ0v) is 19.8. The summed E-state index contributed by atoms with van der Waals surface area (Å²) in [4.78, 5) is 17.8. The lowest BCUT2D eigenvalue weighted by Crippen LogP contribution is -2.48. The molecule has 0 radical (unpaired) electrons. The molecule has 0 atom stereocenters. The van der Waals surface area contributed by atoms with E-state index in [2.05, 4.69) is 4.90 Å². The third-order valence-corrected chi connectivity index (χ3v) is 7.11. The Morgan fingerprint density at radius 1 is 0.968 bits per heavy atom. The van der Waals surface area contributed by atoms with E-state index in [0.717, 1.165) is 34.8 Å². The first-order valence-electron chi connectivity index (χ1n) is 9.90. The number of rotatable bonds is 6. The second-order valence-corrected chi connectivity index (χ2v) is 9.49. The van der Waals surface area contributed by atoms with Crippen molar-refractivity contribution in [3.05, 3.63) is 85.0 Å². The summed E-state index contributed by atoms with van der Waals surface area (Å²) in [5, 5.41) is 4.00. The van der Waals surface area contributed by atoms with E-state index in [1.807, 2.05) is 46.7 Å². The molecule has 8 heteroatoms. The number of halogens is 3. The summed E-state index contributed by atoms with van der Waals surface area (Å²) in [6.07, 6.45) is 0. The van der Waals surface area contributed by atoms with E-state index < -0.39 is 0 Å². The minimum absolute atomic E-state index is 0.0677. The Morgan fingerprint density at radius 3 is 2.32 bits per heavy atom. The van der Waals surface area contributed by atoms with E-state index >= 15 is 0 Å². The van der Waals surface area contributed by atoms with Gasteiger partial charge in [-0.25, -0.2) is 0 Å². The van der Waals surface area contributed by atoms with Crippen molar-refractivity contribution in [2.45, 2.75) is 13.2 Å². The highest BCUT2D eigenvalue weighted by molar-refractivity contribution is 7.12. The number of carbonyl (C=O) groups is 1. The molecule has 1 amide bonds. The van der Waals surface area contributed by atoms with E-state index in [0.29, 0.717) is 41.3 Å². The SMILES string of the molecule is O=C(c1cc(COc2ccc(Cl)cc2)cs1)N1CCN(Cc2c(Cl)cccc2Cl)CC1. The average molecular weight is 496 g/mol. The van der Waals surface area contributed by atoms with Gasteiger partial charge in [-0.15, -0.1) is 11.3 Å². The maximum absolute atomic E-state index is 12.9. The largest absolute Gasteiger partial charge is 0.489 e. The Bertz CT molecular complexity index is 1030. The molecule has 1 saturated heterocycles. The molecule has 3 aromatic rings. The smallest absolute Gasteiger partial charge is 0.264 e. The number of hydrogen-bond acceptors (Lipinski definition) is 4. The van der Waals surface area contributed by atoms with E-state index in [1.54, 1.807) is 12.1 Å². The van der Waals surface area contributed by atoms with Crippen LogP contribution < -0.4 is 4.74 Å². The Balaban J connectivity index is 1.29. The van der Waals surface area contributed by atoms with E-state index in [-0.39, 0.29) is 5.91 Å². The molecule has 2 aromatic carbocycles. The number of nitrogens with zero attached hydrogens (tertiary/aromatic N) is 2. The Kier molecular flexibility index (Phi) is 7.41. The van der Waals surface area contributed by atoms with Crippen LogP contribution in [0.25, 0.3) is 0 Å². The fourth-order valence-corrected chi connectivity index (χ4v) is 4.94. The van der Waals surface area contributed by atoms with Crippen LogP contribution in [0.3, 0.4) is 0 Å². The number of ether oxygens (including phenoxy) is 1. The van der Waals surface area contributed by atoms with Crippen LogP contribution in [0.2, 0.25) is 15.1 Å². The average Bonchev–Trinajstić information content (AvgIpc) is 3.25. The molecular weight excluding hydrogens is 475 g/mol. The van der Waals surface area contributed by atoms with Crippen LogP contribution >= 0.6 is 46.1 Å². The molecule has 0 aliphatic carbocycles. The van der Waals surface area contributed by atoms with Gasteiger partial charge in [0.05, 0.1) is 4.88 Å². The van der Waals surface area contributed by atoms with Gasteiger partial charge in [0.25, 0.3) is 5.91 Å². The topological polar surface area (TPSA) is 32.8 Å². The summed E-state index contributed by atoms with van der Waals surface area (Å²) in [6, 6.07) is 14.7. The zero-order valence-electron chi connectivity index (χ0n) is 16.7. The second-order valence-electron chi connectivity index (χ2n) is 7.33. The standard InChI is InChI=1S/C23H21Cl3N2O2S/c24-17-4-6-18(7-5-17)30-14-16-12-22(31-15-16)23(29)28-10-8-27(9-11-28)13-19-20(25)2-1-3-21(19)26/h1-7,12,15H,8-11,13-14H2. The predicted molar refractivity (Wildman–Crippen MR) is 128 cm³/mol. The van der Waals surface area contributed by atoms with Gasteiger partial charge < -0.3 is 9.64 Å². The van der Waals surface area contributed by atoms with E-state index in [4.69, 9.17) is 39.5 Å². The van der Waals surface area contributed by atoms with Gasteiger partial charge in [-0.05, 0) is 47.8 Å². The lowest BCUT2D eigenvalue weighted by Gasteiger charge is -2.34. The van der Waals surface area contributed by atoms with Crippen LogP contribution in [0, 0.1) is 0 Å². The normalized spacial score (nSPS) is 14.6. The van der Waals surface area contributed by atoms with Gasteiger partial charge >= 0.3 is 0 Å². The van der Waals surface area contributed by atoms with Gasteiger partial charge in [0.2, 0.25) is 0 Å². The molecule has 0 bridgehead atoms. The first-order valence-corrected chi connectivity index (χ1v) is 11.9. The molecule has 1 aliphatic rings. The van der Waals surface area contributed by atoms with Crippen molar-refractivity contribution < 1.29 is 9.53 Å². The lowest BCUT2D eigenvalue weighted by atomic mass is 10.2. The number of carbonyl (C=O) groups excluding carboxylic acids is 1. The number of benzene rings is 2. The van der Waals surface area contributed by atoms with Gasteiger partial charge in [-0.2, -0.15) is 0 Å². The zero-order chi connectivity index (χ0) is 21.8. The fourth-order valence-electron chi connectivity index (χ4n) is 3.43. The van der Waals surface area contributed by atoms with Gasteiger partial charge in [-0.3, -0.25) is 9.69 Å². The Hall–Kier alpha value is -1.76. The predicted octanol–water partition coefficient (Wildman–Crippen LogP) is 6.25. The summed E-state index contributed by atoms with van der Waals surface area (Å²) in [5.74, 6) is 0.816. The highest BCUT2D eigenvalue weighted by Gasteiger charge is 2.24. The monoisotopic (exact) mass is 494 g/mol. The third-order valence-electron chi connectivity index (χ3n) is 5.19. The highest BCUT2D eigenvalue weighted by Crippen LogP contribution is 2.26. The van der Waals surface area contributed by atoms with Crippen molar-refractivity contribution in [3.8, 4) is 5.75 Å². The molecule has 162 valence electrons. The van der Waals surface area contributed by atoms with Crippen molar-refractivity contribution in [2.75, 3.05) is 26.2 Å². The maximum Gasteiger partial charge on any atom is 0.264 e. The van der Waals surface area contributed by atoms with Gasteiger partial charge in [0.15, 0.2) is 0 Å². The van der Waals surface area contributed by atoms with Crippen LogP contribution in [0.4, 0.5) is 0 Å². The molecule has 4 rings (SSSR count). The lowest BCUT2D eigenvalue weighted by molar-refractivity contribution is 0.0633. The number of piperazine rings is 1. The Labute approximate surface area is 200 Å². The third kappa shape index (κ3) is 5.73. The minimum Gasteiger partial charge on any atom is -0.489 e. The summed E-state index contributed by atoms with van der Waals surface area (Å²) < 4.78 is 5.77. The van der Waals surface area contributed by atoms with Crippen LogP contribution in [0.15, 0.2) is 53.9 Å². The molecule has 0 unspecified atom stereocenters. The molecule has 2 heterocycles. The number of thiophene rings is 1. The van der Waals surface area contributed by atoms with Crippen molar-refractivity contribution >= 4 is 52.0 Å². The summed E-state index contributed by atoms with van der Waals surface area (Å²) >= 11 is 19.9. The number of amides is 1. The molecule has 1 aromatic heterocycles. The molecule has 4 nitrogen and oxygen atoms in total. The van der Waals surface area contributed by atoms with Gasteiger partial charge in [0, 0.05) is 58.9 Å². The first kappa shape index (κ1) is 22.4. The molecule has 1 fully saturated rings. The molecule has 31 heavy (non-hydrogen) atoms. The van der Waals surface area contributed by atoms with Crippen molar-refractivity contribution in [2.24, 2.45) is 0 Å². The quantitative estimate of drug-likeness (QED) is 0.405. The minimum atomic E-state index is 0.0677. The highest BCUT2D eigenvalue weighted by atomic mass is 35.5. The van der Waals surface area contributed by atoms with E-state index in [9.17, 15) is 4.79 Å². The van der Waals surface area contributed by atoms with Gasteiger partial charge in [0.1, 0.15) is 12.4 Å². The fraction of sp³-hybridized carbons (Fsp3) is 0.261. The molecule has 0 N–H and O–H groups in total. The molecule has 0 spiro atoms.